The Labute approximate surface area is 107 Å². The van der Waals surface area contributed by atoms with Crippen LogP contribution in [0.4, 0.5) is 0 Å². The summed E-state index contributed by atoms with van der Waals surface area (Å²) in [6.45, 7) is 6.69. The van der Waals surface area contributed by atoms with Crippen LogP contribution in [0.25, 0.3) is 0 Å². The van der Waals surface area contributed by atoms with Crippen molar-refractivity contribution in [3.05, 3.63) is 0 Å². The fourth-order valence-electron chi connectivity index (χ4n) is 2.00. The Morgan fingerprint density at radius 3 is 2.65 bits per heavy atom. The monoisotopic (exact) mass is 259 g/mol. The van der Waals surface area contributed by atoms with E-state index in [0.717, 1.165) is 6.42 Å². The van der Waals surface area contributed by atoms with Crippen molar-refractivity contribution in [3.8, 4) is 0 Å². The summed E-state index contributed by atoms with van der Waals surface area (Å²) in [6, 6.07) is -0.626. The first-order valence-electron chi connectivity index (χ1n) is 6.05. The summed E-state index contributed by atoms with van der Waals surface area (Å²) < 4.78 is 0. The normalized spacial score (nSPS) is 25.1. The lowest BCUT2D eigenvalue weighted by molar-refractivity contribution is -0.151. The van der Waals surface area contributed by atoms with E-state index in [1.54, 1.807) is 11.8 Å². The van der Waals surface area contributed by atoms with Gasteiger partial charge in [0.25, 0.3) is 0 Å². The second-order valence-corrected chi connectivity index (χ2v) is 6.50. The topological polar surface area (TPSA) is 57.6 Å². The minimum atomic E-state index is -0.876. The SMILES string of the molecule is CC1CCN(C(=O)CSC(C)C)C(C(=O)O)C1. The van der Waals surface area contributed by atoms with Crippen molar-refractivity contribution in [3.63, 3.8) is 0 Å². The first-order valence-corrected chi connectivity index (χ1v) is 7.10. The van der Waals surface area contributed by atoms with E-state index < -0.39 is 12.0 Å². The molecular weight excluding hydrogens is 238 g/mol. The fourth-order valence-corrected chi connectivity index (χ4v) is 2.64. The van der Waals surface area contributed by atoms with Crippen LogP contribution in [0, 0.1) is 5.92 Å². The zero-order valence-corrected chi connectivity index (χ0v) is 11.5. The predicted octanol–water partition coefficient (Wildman–Crippen LogP) is 1.84. The lowest BCUT2D eigenvalue weighted by atomic mass is 9.92. The number of hydrogen-bond acceptors (Lipinski definition) is 3. The molecule has 0 aromatic rings. The van der Waals surface area contributed by atoms with E-state index >= 15 is 0 Å². The van der Waals surface area contributed by atoms with Crippen LogP contribution < -0.4 is 0 Å². The molecule has 2 unspecified atom stereocenters. The third kappa shape index (κ3) is 4.22. The lowest BCUT2D eigenvalue weighted by Gasteiger charge is -2.36. The molecular formula is C12H21NO3S. The number of carbonyl (C=O) groups excluding carboxylic acids is 1. The fraction of sp³-hybridized carbons (Fsp3) is 0.833. The van der Waals surface area contributed by atoms with Gasteiger partial charge >= 0.3 is 5.97 Å². The van der Waals surface area contributed by atoms with E-state index in [1.165, 1.54) is 4.90 Å². The third-order valence-electron chi connectivity index (χ3n) is 3.01. The van der Waals surface area contributed by atoms with Crippen molar-refractivity contribution in [2.75, 3.05) is 12.3 Å². The average Bonchev–Trinajstić information content (AvgIpc) is 2.25. The molecule has 17 heavy (non-hydrogen) atoms. The molecule has 1 N–H and O–H groups in total. The van der Waals surface area contributed by atoms with E-state index in [4.69, 9.17) is 5.11 Å². The van der Waals surface area contributed by atoms with Crippen LogP contribution in [0.3, 0.4) is 0 Å². The van der Waals surface area contributed by atoms with Gasteiger partial charge in [-0.15, -0.1) is 11.8 Å². The number of piperidine rings is 1. The van der Waals surface area contributed by atoms with Crippen LogP contribution in [0.15, 0.2) is 0 Å². The van der Waals surface area contributed by atoms with E-state index in [1.807, 2.05) is 20.8 Å². The molecule has 1 amide bonds. The minimum absolute atomic E-state index is 0.0389. The van der Waals surface area contributed by atoms with Gasteiger partial charge in [0.1, 0.15) is 6.04 Å². The van der Waals surface area contributed by atoms with Gasteiger partial charge in [-0.2, -0.15) is 0 Å². The molecule has 1 heterocycles. The Bertz CT molecular complexity index is 293. The summed E-state index contributed by atoms with van der Waals surface area (Å²) >= 11 is 1.56. The third-order valence-corrected chi connectivity index (χ3v) is 4.09. The number of hydrogen-bond donors (Lipinski definition) is 1. The maximum atomic E-state index is 12.0. The van der Waals surface area contributed by atoms with E-state index in [-0.39, 0.29) is 5.91 Å². The Hall–Kier alpha value is -0.710. The minimum Gasteiger partial charge on any atom is -0.480 e. The first kappa shape index (κ1) is 14.4. The Kier molecular flexibility index (Phi) is 5.31. The second kappa shape index (κ2) is 6.28. The molecule has 1 aliphatic heterocycles. The highest BCUT2D eigenvalue weighted by Crippen LogP contribution is 2.24. The standard InChI is InChI=1S/C12H21NO3S/c1-8(2)17-7-11(14)13-5-4-9(3)6-10(13)12(15)16/h8-10H,4-7H2,1-3H3,(H,15,16). The van der Waals surface area contributed by atoms with Gasteiger partial charge in [-0.05, 0) is 24.0 Å². The number of carbonyl (C=O) groups is 2. The summed E-state index contributed by atoms with van der Waals surface area (Å²) in [5.41, 5.74) is 0. The van der Waals surface area contributed by atoms with E-state index in [0.29, 0.717) is 29.9 Å². The molecule has 0 aromatic heterocycles. The summed E-state index contributed by atoms with van der Waals surface area (Å²) in [4.78, 5) is 24.7. The van der Waals surface area contributed by atoms with Gasteiger partial charge in [-0.3, -0.25) is 4.79 Å². The molecule has 0 radical (unpaired) electrons. The molecule has 0 bridgehead atoms. The summed E-state index contributed by atoms with van der Waals surface area (Å²) in [5, 5.41) is 9.55. The number of rotatable bonds is 4. The van der Waals surface area contributed by atoms with Crippen molar-refractivity contribution in [1.29, 1.82) is 0 Å². The van der Waals surface area contributed by atoms with Crippen molar-refractivity contribution in [2.45, 2.75) is 44.9 Å². The van der Waals surface area contributed by atoms with Crippen LogP contribution >= 0.6 is 11.8 Å². The van der Waals surface area contributed by atoms with Crippen LogP contribution in [0.5, 0.6) is 0 Å². The van der Waals surface area contributed by atoms with Gasteiger partial charge in [-0.25, -0.2) is 4.79 Å². The quantitative estimate of drug-likeness (QED) is 0.837. The molecule has 1 saturated heterocycles. The summed E-state index contributed by atoms with van der Waals surface area (Å²) in [7, 11) is 0. The highest BCUT2D eigenvalue weighted by atomic mass is 32.2. The second-order valence-electron chi connectivity index (χ2n) is 4.93. The molecule has 98 valence electrons. The van der Waals surface area contributed by atoms with Crippen molar-refractivity contribution in [2.24, 2.45) is 5.92 Å². The predicted molar refractivity (Wildman–Crippen MR) is 69.1 cm³/mol. The van der Waals surface area contributed by atoms with Gasteiger partial charge in [0.15, 0.2) is 0 Å². The molecule has 1 fully saturated rings. The maximum Gasteiger partial charge on any atom is 0.326 e. The molecule has 4 nitrogen and oxygen atoms in total. The van der Waals surface area contributed by atoms with Gasteiger partial charge in [0, 0.05) is 6.54 Å². The Morgan fingerprint density at radius 1 is 1.47 bits per heavy atom. The average molecular weight is 259 g/mol. The van der Waals surface area contributed by atoms with Crippen LogP contribution in [0.2, 0.25) is 0 Å². The molecule has 1 aliphatic rings. The number of amides is 1. The number of thioether (sulfide) groups is 1. The van der Waals surface area contributed by atoms with Gasteiger partial charge < -0.3 is 10.0 Å². The van der Waals surface area contributed by atoms with Crippen LogP contribution in [0.1, 0.15) is 33.6 Å². The van der Waals surface area contributed by atoms with Gasteiger partial charge in [0.05, 0.1) is 5.75 Å². The molecule has 5 heteroatoms. The largest absolute Gasteiger partial charge is 0.480 e. The highest BCUT2D eigenvalue weighted by molar-refractivity contribution is 8.00. The number of carboxylic acid groups (broad SMARTS) is 1. The number of likely N-dealkylation sites (tertiary alicyclic amines) is 1. The van der Waals surface area contributed by atoms with Crippen LogP contribution in [-0.4, -0.2) is 45.5 Å². The molecule has 0 spiro atoms. The van der Waals surface area contributed by atoms with Crippen molar-refractivity contribution in [1.82, 2.24) is 4.90 Å². The van der Waals surface area contributed by atoms with Crippen molar-refractivity contribution >= 4 is 23.6 Å². The van der Waals surface area contributed by atoms with Gasteiger partial charge in [0.2, 0.25) is 5.91 Å². The van der Waals surface area contributed by atoms with Gasteiger partial charge in [-0.1, -0.05) is 20.8 Å². The molecule has 0 saturated carbocycles. The molecule has 0 aromatic carbocycles. The smallest absolute Gasteiger partial charge is 0.326 e. The maximum absolute atomic E-state index is 12.0. The number of carboxylic acids is 1. The Balaban J connectivity index is 2.60. The number of nitrogens with zero attached hydrogens (tertiary/aromatic N) is 1. The lowest BCUT2D eigenvalue weighted by Crippen LogP contribution is -2.50. The zero-order chi connectivity index (χ0) is 13.0. The summed E-state index contributed by atoms with van der Waals surface area (Å²) in [6.07, 6.45) is 1.48. The molecule has 2 atom stereocenters. The molecule has 0 aliphatic carbocycles. The van der Waals surface area contributed by atoms with E-state index in [9.17, 15) is 9.59 Å². The molecule has 1 rings (SSSR count). The first-order chi connectivity index (χ1) is 7.91. The van der Waals surface area contributed by atoms with Crippen molar-refractivity contribution < 1.29 is 14.7 Å². The zero-order valence-electron chi connectivity index (χ0n) is 10.7. The highest BCUT2D eigenvalue weighted by Gasteiger charge is 2.34. The Morgan fingerprint density at radius 2 is 2.12 bits per heavy atom. The van der Waals surface area contributed by atoms with E-state index in [2.05, 4.69) is 0 Å². The van der Waals surface area contributed by atoms with Crippen LogP contribution in [-0.2, 0) is 9.59 Å². The summed E-state index contributed by atoms with van der Waals surface area (Å²) in [5.74, 6) is -0.143. The number of aliphatic carboxylic acids is 1.